The van der Waals surface area contributed by atoms with Crippen molar-refractivity contribution >= 4 is 27.5 Å². The zero-order valence-electron chi connectivity index (χ0n) is 11.9. The number of hydrogen-bond acceptors (Lipinski definition) is 2. The number of hydrogen-bond donors (Lipinski definition) is 1. The molecule has 0 aliphatic rings. The van der Waals surface area contributed by atoms with E-state index in [1.54, 1.807) is 7.11 Å². The second-order valence-electron chi connectivity index (χ2n) is 4.68. The third-order valence-electron chi connectivity index (χ3n) is 3.46. The molecule has 0 bridgehead atoms. The lowest BCUT2D eigenvalue weighted by atomic mass is 9.99. The first-order valence-corrected chi connectivity index (χ1v) is 8.02. The molecule has 0 fully saturated rings. The molecule has 0 amide bonds. The van der Waals surface area contributed by atoms with Gasteiger partial charge in [0.1, 0.15) is 5.75 Å². The lowest BCUT2D eigenvalue weighted by Gasteiger charge is -2.20. The summed E-state index contributed by atoms with van der Waals surface area (Å²) < 4.78 is 6.42. The van der Waals surface area contributed by atoms with Crippen molar-refractivity contribution in [2.24, 2.45) is 5.92 Å². The Morgan fingerprint density at radius 2 is 2.00 bits per heavy atom. The normalized spacial score (nSPS) is 12.7. The Kier molecular flexibility index (Phi) is 7.81. The van der Waals surface area contributed by atoms with Crippen molar-refractivity contribution in [2.45, 2.75) is 38.6 Å². The van der Waals surface area contributed by atoms with E-state index in [1.807, 2.05) is 12.1 Å². The Morgan fingerprint density at radius 3 is 2.58 bits per heavy atom. The van der Waals surface area contributed by atoms with Crippen LogP contribution in [0.2, 0.25) is 0 Å². The highest BCUT2D eigenvalue weighted by Gasteiger charge is 2.15. The first-order chi connectivity index (χ1) is 9.12. The van der Waals surface area contributed by atoms with Gasteiger partial charge in [-0.25, -0.2) is 0 Å². The topological polar surface area (TPSA) is 21.3 Å². The van der Waals surface area contributed by atoms with Gasteiger partial charge in [-0.05, 0) is 24.1 Å². The molecule has 0 saturated heterocycles. The van der Waals surface area contributed by atoms with E-state index in [4.69, 9.17) is 16.3 Å². The van der Waals surface area contributed by atoms with Crippen LogP contribution in [0.15, 0.2) is 22.7 Å². The molecule has 1 rings (SSSR count). The van der Waals surface area contributed by atoms with Crippen molar-refractivity contribution in [3.05, 3.63) is 28.2 Å². The maximum absolute atomic E-state index is 6.42. The van der Waals surface area contributed by atoms with E-state index < -0.39 is 0 Å². The fourth-order valence-electron chi connectivity index (χ4n) is 2.20. The third kappa shape index (κ3) is 5.33. The summed E-state index contributed by atoms with van der Waals surface area (Å²) >= 11 is 9.90. The van der Waals surface area contributed by atoms with Crippen molar-refractivity contribution in [1.29, 1.82) is 0 Å². The van der Waals surface area contributed by atoms with E-state index >= 15 is 0 Å². The van der Waals surface area contributed by atoms with Gasteiger partial charge < -0.3 is 10.1 Å². The minimum absolute atomic E-state index is 0.188. The minimum Gasteiger partial charge on any atom is -0.496 e. The van der Waals surface area contributed by atoms with Gasteiger partial charge in [0.05, 0.1) is 7.11 Å². The van der Waals surface area contributed by atoms with Gasteiger partial charge in [0.15, 0.2) is 0 Å². The summed E-state index contributed by atoms with van der Waals surface area (Å²) in [5.41, 5.74) is 1.14. The van der Waals surface area contributed by atoms with E-state index in [-0.39, 0.29) is 5.38 Å². The maximum atomic E-state index is 6.42. The van der Waals surface area contributed by atoms with Gasteiger partial charge >= 0.3 is 0 Å². The molecule has 0 heterocycles. The van der Waals surface area contributed by atoms with Crippen LogP contribution in [-0.4, -0.2) is 19.0 Å². The lowest BCUT2D eigenvalue weighted by molar-refractivity contribution is 0.405. The summed E-state index contributed by atoms with van der Waals surface area (Å²) in [6.45, 7) is 5.98. The predicted molar refractivity (Wildman–Crippen MR) is 86.1 cm³/mol. The number of methoxy groups -OCH3 is 1. The van der Waals surface area contributed by atoms with Crippen molar-refractivity contribution in [3.8, 4) is 5.75 Å². The molecule has 0 spiro atoms. The number of rotatable bonds is 8. The van der Waals surface area contributed by atoms with Crippen molar-refractivity contribution in [1.82, 2.24) is 5.32 Å². The Morgan fingerprint density at radius 1 is 1.32 bits per heavy atom. The van der Waals surface area contributed by atoms with E-state index in [9.17, 15) is 0 Å². The maximum Gasteiger partial charge on any atom is 0.123 e. The quantitative estimate of drug-likeness (QED) is 0.694. The average Bonchev–Trinajstić information content (AvgIpc) is 2.40. The second-order valence-corrected chi connectivity index (χ2v) is 6.16. The molecule has 1 N–H and O–H groups in total. The lowest BCUT2D eigenvalue weighted by Crippen LogP contribution is -2.28. The standard InChI is InChI=1S/C15H23BrClNO/c1-4-11(5-2)14(17)10-18-9-12-8-13(16)6-7-15(12)19-3/h6-8,11,14,18H,4-5,9-10H2,1-3H3. The number of alkyl halides is 1. The molecule has 1 unspecified atom stereocenters. The van der Waals surface area contributed by atoms with Crippen molar-refractivity contribution in [3.63, 3.8) is 0 Å². The molecule has 0 saturated carbocycles. The summed E-state index contributed by atoms with van der Waals surface area (Å²) in [6, 6.07) is 6.03. The zero-order chi connectivity index (χ0) is 14.3. The van der Waals surface area contributed by atoms with E-state index in [1.165, 1.54) is 0 Å². The Hall–Kier alpha value is -0.250. The number of halogens is 2. The fourth-order valence-corrected chi connectivity index (χ4v) is 3.07. The molecule has 0 aliphatic carbocycles. The van der Waals surface area contributed by atoms with Crippen LogP contribution in [0.1, 0.15) is 32.3 Å². The van der Waals surface area contributed by atoms with Crippen LogP contribution in [-0.2, 0) is 6.54 Å². The highest BCUT2D eigenvalue weighted by molar-refractivity contribution is 9.10. The van der Waals surface area contributed by atoms with Crippen molar-refractivity contribution < 1.29 is 4.74 Å². The van der Waals surface area contributed by atoms with Crippen LogP contribution in [0.4, 0.5) is 0 Å². The molecule has 0 radical (unpaired) electrons. The molecular formula is C15H23BrClNO. The summed E-state index contributed by atoms with van der Waals surface area (Å²) in [5.74, 6) is 1.49. The van der Waals surface area contributed by atoms with Gasteiger partial charge in [0.2, 0.25) is 0 Å². The van der Waals surface area contributed by atoms with Gasteiger partial charge in [-0.15, -0.1) is 11.6 Å². The molecule has 108 valence electrons. The fraction of sp³-hybridized carbons (Fsp3) is 0.600. The van der Waals surface area contributed by atoms with Crippen LogP contribution < -0.4 is 10.1 Å². The van der Waals surface area contributed by atoms with E-state index in [0.29, 0.717) is 5.92 Å². The number of ether oxygens (including phenoxy) is 1. The Balaban J connectivity index is 2.51. The largest absolute Gasteiger partial charge is 0.496 e. The monoisotopic (exact) mass is 347 g/mol. The van der Waals surface area contributed by atoms with Gasteiger partial charge in [-0.2, -0.15) is 0 Å². The zero-order valence-corrected chi connectivity index (χ0v) is 14.2. The second kappa shape index (κ2) is 8.83. The van der Waals surface area contributed by atoms with Gasteiger partial charge in [-0.1, -0.05) is 42.6 Å². The molecule has 1 aromatic carbocycles. The Labute approximate surface area is 130 Å². The minimum atomic E-state index is 0.188. The molecule has 19 heavy (non-hydrogen) atoms. The van der Waals surface area contributed by atoms with Crippen LogP contribution in [0.25, 0.3) is 0 Å². The predicted octanol–water partition coefficient (Wildman–Crippen LogP) is 4.59. The van der Waals surface area contributed by atoms with Crippen LogP contribution in [0.5, 0.6) is 5.75 Å². The third-order valence-corrected chi connectivity index (χ3v) is 4.46. The number of nitrogens with one attached hydrogen (secondary N) is 1. The van der Waals surface area contributed by atoms with Gasteiger partial charge in [0.25, 0.3) is 0 Å². The molecule has 1 aromatic rings. The molecular weight excluding hydrogens is 326 g/mol. The molecule has 0 aliphatic heterocycles. The number of benzene rings is 1. The summed E-state index contributed by atoms with van der Waals surface area (Å²) in [6.07, 6.45) is 2.26. The average molecular weight is 349 g/mol. The van der Waals surface area contributed by atoms with Gasteiger partial charge in [-0.3, -0.25) is 0 Å². The van der Waals surface area contributed by atoms with E-state index in [2.05, 4.69) is 41.2 Å². The van der Waals surface area contributed by atoms with Gasteiger partial charge in [0, 0.05) is 28.5 Å². The molecule has 0 aromatic heterocycles. The summed E-state index contributed by atoms with van der Waals surface area (Å²) in [4.78, 5) is 0. The molecule has 4 heteroatoms. The van der Waals surface area contributed by atoms with Crippen LogP contribution >= 0.6 is 27.5 Å². The van der Waals surface area contributed by atoms with Crippen molar-refractivity contribution in [2.75, 3.05) is 13.7 Å². The highest BCUT2D eigenvalue weighted by atomic mass is 79.9. The van der Waals surface area contributed by atoms with E-state index in [0.717, 1.165) is 41.7 Å². The first-order valence-electron chi connectivity index (χ1n) is 6.79. The molecule has 2 nitrogen and oxygen atoms in total. The SMILES string of the molecule is CCC(CC)C(Cl)CNCc1cc(Br)ccc1OC. The summed E-state index contributed by atoms with van der Waals surface area (Å²) in [5, 5.41) is 3.61. The highest BCUT2D eigenvalue weighted by Crippen LogP contribution is 2.23. The Bertz CT molecular complexity index is 382. The summed E-state index contributed by atoms with van der Waals surface area (Å²) in [7, 11) is 1.70. The van der Waals surface area contributed by atoms with Crippen LogP contribution in [0.3, 0.4) is 0 Å². The first kappa shape index (κ1) is 16.8. The smallest absolute Gasteiger partial charge is 0.123 e. The van der Waals surface area contributed by atoms with Crippen LogP contribution in [0, 0.1) is 5.92 Å². The molecule has 1 atom stereocenters.